The lowest BCUT2D eigenvalue weighted by Gasteiger charge is -2.29. The zero-order valence-electron chi connectivity index (χ0n) is 16.9. The number of carbonyl (C=O) groups excluding carboxylic acids is 2. The first-order valence-corrected chi connectivity index (χ1v) is 9.40. The normalized spacial score (nSPS) is 12.9. The van der Waals surface area contributed by atoms with Crippen LogP contribution in [0, 0.1) is 13.8 Å². The molecule has 2 amide bonds. The molecule has 0 aliphatic carbocycles. The standard InChI is InChI=1S/C22H21N3O5/c1-13-18(14(2)30-24-13)11-25-19-10-16(7-8-20(19)29-12-21(25)26)23-22(27)15-5-4-6-17(9-15)28-3/h4-10H,11-12H2,1-3H3,(H,23,27). The highest BCUT2D eigenvalue weighted by Crippen LogP contribution is 2.36. The smallest absolute Gasteiger partial charge is 0.265 e. The molecule has 154 valence electrons. The van der Waals surface area contributed by atoms with Gasteiger partial charge in [0.2, 0.25) is 0 Å². The van der Waals surface area contributed by atoms with E-state index in [-0.39, 0.29) is 18.4 Å². The van der Waals surface area contributed by atoms with Gasteiger partial charge in [0.15, 0.2) is 6.61 Å². The molecule has 4 rings (SSSR count). The maximum Gasteiger partial charge on any atom is 0.265 e. The molecule has 0 spiro atoms. The van der Waals surface area contributed by atoms with Crippen LogP contribution in [0.15, 0.2) is 47.0 Å². The molecule has 1 aliphatic rings. The number of amides is 2. The number of benzene rings is 2. The second-order valence-electron chi connectivity index (χ2n) is 6.94. The summed E-state index contributed by atoms with van der Waals surface area (Å²) in [6, 6.07) is 12.1. The lowest BCUT2D eigenvalue weighted by atomic mass is 10.1. The maximum absolute atomic E-state index is 12.6. The maximum atomic E-state index is 12.6. The SMILES string of the molecule is COc1cccc(C(=O)Nc2ccc3c(c2)N(Cc2c(C)noc2C)C(=O)CO3)c1. The van der Waals surface area contributed by atoms with Gasteiger partial charge in [0.25, 0.3) is 11.8 Å². The van der Waals surface area contributed by atoms with Crippen LogP contribution in [0.3, 0.4) is 0 Å². The Morgan fingerprint density at radius 2 is 2.07 bits per heavy atom. The zero-order chi connectivity index (χ0) is 21.3. The molecule has 1 N–H and O–H groups in total. The molecule has 1 aliphatic heterocycles. The van der Waals surface area contributed by atoms with Gasteiger partial charge in [-0.2, -0.15) is 0 Å². The lowest BCUT2D eigenvalue weighted by molar-refractivity contribution is -0.121. The van der Waals surface area contributed by atoms with Crippen LogP contribution in [0.1, 0.15) is 27.4 Å². The van der Waals surface area contributed by atoms with Crippen molar-refractivity contribution in [3.8, 4) is 11.5 Å². The van der Waals surface area contributed by atoms with Crippen LogP contribution in [-0.4, -0.2) is 30.7 Å². The summed E-state index contributed by atoms with van der Waals surface area (Å²) >= 11 is 0. The summed E-state index contributed by atoms with van der Waals surface area (Å²) in [5, 5.41) is 6.81. The molecular formula is C22H21N3O5. The number of ether oxygens (including phenoxy) is 2. The first kappa shape index (κ1) is 19.5. The highest BCUT2D eigenvalue weighted by Gasteiger charge is 2.28. The largest absolute Gasteiger partial charge is 0.497 e. The second kappa shape index (κ2) is 7.90. The Bertz CT molecular complexity index is 1100. The highest BCUT2D eigenvalue weighted by molar-refractivity contribution is 6.05. The molecule has 0 saturated heterocycles. The molecule has 8 nitrogen and oxygen atoms in total. The third-order valence-electron chi connectivity index (χ3n) is 4.99. The van der Waals surface area contributed by atoms with Crippen LogP contribution in [-0.2, 0) is 11.3 Å². The number of anilines is 2. The fourth-order valence-electron chi connectivity index (χ4n) is 3.31. The quantitative estimate of drug-likeness (QED) is 0.696. The van der Waals surface area contributed by atoms with Crippen molar-refractivity contribution in [2.45, 2.75) is 20.4 Å². The van der Waals surface area contributed by atoms with E-state index in [1.165, 1.54) is 0 Å². The Balaban J connectivity index is 1.61. The van der Waals surface area contributed by atoms with Crippen molar-refractivity contribution >= 4 is 23.2 Å². The van der Waals surface area contributed by atoms with Crippen molar-refractivity contribution < 1.29 is 23.6 Å². The van der Waals surface area contributed by atoms with E-state index in [2.05, 4.69) is 10.5 Å². The molecule has 2 heterocycles. The number of nitrogens with zero attached hydrogens (tertiary/aromatic N) is 2. The van der Waals surface area contributed by atoms with Crippen LogP contribution >= 0.6 is 0 Å². The number of aromatic nitrogens is 1. The fraction of sp³-hybridized carbons (Fsp3) is 0.227. The van der Waals surface area contributed by atoms with Crippen LogP contribution in [0.25, 0.3) is 0 Å². The average Bonchev–Trinajstić information content (AvgIpc) is 3.07. The van der Waals surface area contributed by atoms with E-state index in [0.717, 1.165) is 11.3 Å². The van der Waals surface area contributed by atoms with Gasteiger partial charge in [0.1, 0.15) is 17.3 Å². The number of carbonyl (C=O) groups is 2. The van der Waals surface area contributed by atoms with E-state index in [1.54, 1.807) is 54.5 Å². The molecule has 8 heteroatoms. The Labute approximate surface area is 173 Å². The second-order valence-corrected chi connectivity index (χ2v) is 6.94. The van der Waals surface area contributed by atoms with Crippen LogP contribution in [0.5, 0.6) is 11.5 Å². The van der Waals surface area contributed by atoms with Crippen LogP contribution in [0.4, 0.5) is 11.4 Å². The van der Waals surface area contributed by atoms with Gasteiger partial charge in [-0.1, -0.05) is 11.2 Å². The van der Waals surface area contributed by atoms with Crippen molar-refractivity contribution in [3.05, 3.63) is 65.0 Å². The first-order valence-electron chi connectivity index (χ1n) is 9.40. The lowest BCUT2D eigenvalue weighted by Crippen LogP contribution is -2.38. The number of hydrogen-bond donors (Lipinski definition) is 1. The van der Waals surface area contributed by atoms with Crippen molar-refractivity contribution in [3.63, 3.8) is 0 Å². The number of hydrogen-bond acceptors (Lipinski definition) is 6. The molecule has 30 heavy (non-hydrogen) atoms. The Hall–Kier alpha value is -3.81. The van der Waals surface area contributed by atoms with Gasteiger partial charge in [-0.05, 0) is 50.2 Å². The van der Waals surface area contributed by atoms with Crippen LogP contribution < -0.4 is 19.7 Å². The molecule has 0 radical (unpaired) electrons. The monoisotopic (exact) mass is 407 g/mol. The van der Waals surface area contributed by atoms with Gasteiger partial charge in [-0.15, -0.1) is 0 Å². The minimum atomic E-state index is -0.283. The van der Waals surface area contributed by atoms with E-state index in [4.69, 9.17) is 14.0 Å². The summed E-state index contributed by atoms with van der Waals surface area (Å²) in [4.78, 5) is 26.8. The molecule has 0 unspecified atom stereocenters. The van der Waals surface area contributed by atoms with E-state index in [1.807, 2.05) is 13.8 Å². The van der Waals surface area contributed by atoms with Gasteiger partial charge in [-0.3, -0.25) is 9.59 Å². The Morgan fingerprint density at radius 1 is 1.23 bits per heavy atom. The third-order valence-corrected chi connectivity index (χ3v) is 4.99. The highest BCUT2D eigenvalue weighted by atomic mass is 16.5. The molecule has 2 aromatic carbocycles. The van der Waals surface area contributed by atoms with E-state index < -0.39 is 0 Å². The van der Waals surface area contributed by atoms with Crippen molar-refractivity contribution in [1.82, 2.24) is 5.16 Å². The summed E-state index contributed by atoms with van der Waals surface area (Å²) in [6.07, 6.45) is 0. The van der Waals surface area contributed by atoms with Crippen molar-refractivity contribution in [1.29, 1.82) is 0 Å². The molecule has 3 aromatic rings. The zero-order valence-corrected chi connectivity index (χ0v) is 16.9. The van der Waals surface area contributed by atoms with Crippen molar-refractivity contribution in [2.75, 3.05) is 23.9 Å². The molecule has 0 atom stereocenters. The predicted octanol–water partition coefficient (Wildman–Crippen LogP) is 3.48. The summed E-state index contributed by atoms with van der Waals surface area (Å²) in [5.41, 5.74) is 3.17. The minimum Gasteiger partial charge on any atom is -0.497 e. The van der Waals surface area contributed by atoms with Gasteiger partial charge >= 0.3 is 0 Å². The van der Waals surface area contributed by atoms with Crippen LogP contribution in [0.2, 0.25) is 0 Å². The molecular weight excluding hydrogens is 386 g/mol. The van der Waals surface area contributed by atoms with E-state index in [9.17, 15) is 9.59 Å². The number of methoxy groups -OCH3 is 1. The predicted molar refractivity (Wildman–Crippen MR) is 110 cm³/mol. The van der Waals surface area contributed by atoms with Gasteiger partial charge in [0, 0.05) is 16.8 Å². The number of fused-ring (bicyclic) bond motifs is 1. The summed E-state index contributed by atoms with van der Waals surface area (Å²) in [5.74, 6) is 1.36. The Kier molecular flexibility index (Phi) is 5.14. The van der Waals surface area contributed by atoms with Gasteiger partial charge < -0.3 is 24.2 Å². The summed E-state index contributed by atoms with van der Waals surface area (Å²) in [7, 11) is 1.55. The fourth-order valence-corrected chi connectivity index (χ4v) is 3.31. The number of nitrogens with one attached hydrogen (secondary N) is 1. The molecule has 0 fully saturated rings. The van der Waals surface area contributed by atoms with E-state index >= 15 is 0 Å². The summed E-state index contributed by atoms with van der Waals surface area (Å²) in [6.45, 7) is 3.91. The van der Waals surface area contributed by atoms with Crippen molar-refractivity contribution in [2.24, 2.45) is 0 Å². The molecule has 1 aromatic heterocycles. The molecule has 0 bridgehead atoms. The third kappa shape index (κ3) is 3.71. The first-order chi connectivity index (χ1) is 14.5. The van der Waals surface area contributed by atoms with Gasteiger partial charge in [-0.25, -0.2) is 0 Å². The van der Waals surface area contributed by atoms with Gasteiger partial charge in [0.05, 0.1) is 25.0 Å². The number of aryl methyl sites for hydroxylation is 2. The topological polar surface area (TPSA) is 93.9 Å². The Morgan fingerprint density at radius 3 is 2.80 bits per heavy atom. The minimum absolute atomic E-state index is 0.0497. The molecule has 0 saturated carbocycles. The van der Waals surface area contributed by atoms with E-state index in [0.29, 0.717) is 40.7 Å². The average molecular weight is 407 g/mol. The summed E-state index contributed by atoms with van der Waals surface area (Å²) < 4.78 is 16.0. The number of rotatable bonds is 5.